The van der Waals surface area contributed by atoms with Crippen molar-refractivity contribution in [3.63, 3.8) is 0 Å². The standard InChI is InChI=1S/C23H20ClNO2S/c1-17-6-2-3-7-19(17)16-28(26,27)23-15-25(22-9-5-4-8-21(22)23)14-18-10-12-20(24)13-11-18/h2-13,15H,14,16H2,1H3. The summed E-state index contributed by atoms with van der Waals surface area (Å²) in [5.41, 5.74) is 3.78. The molecule has 28 heavy (non-hydrogen) atoms. The van der Waals surface area contributed by atoms with Crippen LogP contribution in [0.15, 0.2) is 83.9 Å². The molecular formula is C23H20ClNO2S. The third-order valence-electron chi connectivity index (χ3n) is 4.96. The highest BCUT2D eigenvalue weighted by Crippen LogP contribution is 2.29. The number of benzene rings is 3. The number of halogens is 1. The van der Waals surface area contributed by atoms with Crippen LogP contribution in [0.4, 0.5) is 0 Å². The van der Waals surface area contributed by atoms with E-state index in [9.17, 15) is 8.42 Å². The Labute approximate surface area is 170 Å². The second-order valence-corrected chi connectivity index (χ2v) is 9.34. The number of para-hydroxylation sites is 1. The molecule has 3 aromatic carbocycles. The van der Waals surface area contributed by atoms with Gasteiger partial charge in [0.25, 0.3) is 0 Å². The average Bonchev–Trinajstić information content (AvgIpc) is 3.05. The maximum atomic E-state index is 13.2. The molecule has 0 unspecified atom stereocenters. The fourth-order valence-corrected chi connectivity index (χ4v) is 5.24. The minimum atomic E-state index is -3.48. The highest BCUT2D eigenvalue weighted by atomic mass is 35.5. The van der Waals surface area contributed by atoms with Gasteiger partial charge in [0.15, 0.2) is 9.84 Å². The predicted octanol–water partition coefficient (Wildman–Crippen LogP) is 5.63. The fourth-order valence-electron chi connectivity index (χ4n) is 3.43. The van der Waals surface area contributed by atoms with Crippen molar-refractivity contribution < 1.29 is 8.42 Å². The molecule has 4 aromatic rings. The van der Waals surface area contributed by atoms with Crippen molar-refractivity contribution in [1.29, 1.82) is 0 Å². The molecule has 0 spiro atoms. The van der Waals surface area contributed by atoms with Gasteiger partial charge in [-0.15, -0.1) is 0 Å². The summed E-state index contributed by atoms with van der Waals surface area (Å²) >= 11 is 5.98. The van der Waals surface area contributed by atoms with E-state index in [0.29, 0.717) is 16.5 Å². The molecule has 0 aliphatic heterocycles. The van der Waals surface area contributed by atoms with Gasteiger partial charge >= 0.3 is 0 Å². The van der Waals surface area contributed by atoms with Gasteiger partial charge in [0.1, 0.15) is 0 Å². The van der Waals surface area contributed by atoms with Crippen LogP contribution in [0.2, 0.25) is 5.02 Å². The highest BCUT2D eigenvalue weighted by molar-refractivity contribution is 7.90. The maximum absolute atomic E-state index is 13.2. The summed E-state index contributed by atoms with van der Waals surface area (Å²) < 4.78 is 28.5. The first-order chi connectivity index (χ1) is 13.4. The molecular weight excluding hydrogens is 390 g/mol. The summed E-state index contributed by atoms with van der Waals surface area (Å²) in [5.74, 6) is -0.00533. The number of rotatable bonds is 5. The maximum Gasteiger partial charge on any atom is 0.184 e. The first-order valence-corrected chi connectivity index (χ1v) is 11.1. The quantitative estimate of drug-likeness (QED) is 0.428. The smallest absolute Gasteiger partial charge is 0.184 e. The number of hydrogen-bond acceptors (Lipinski definition) is 2. The van der Waals surface area contributed by atoms with Gasteiger partial charge in [0.05, 0.1) is 10.6 Å². The molecule has 0 bridgehead atoms. The van der Waals surface area contributed by atoms with Gasteiger partial charge in [0, 0.05) is 28.7 Å². The van der Waals surface area contributed by atoms with Gasteiger partial charge in [-0.25, -0.2) is 8.42 Å². The molecule has 142 valence electrons. The lowest BCUT2D eigenvalue weighted by Gasteiger charge is -2.06. The minimum Gasteiger partial charge on any atom is -0.342 e. The number of aryl methyl sites for hydroxylation is 1. The lowest BCUT2D eigenvalue weighted by molar-refractivity contribution is 0.595. The molecule has 0 atom stereocenters. The Balaban J connectivity index is 1.77. The average molecular weight is 410 g/mol. The molecule has 0 aliphatic carbocycles. The Morgan fingerprint density at radius 3 is 2.32 bits per heavy atom. The third kappa shape index (κ3) is 3.71. The van der Waals surface area contributed by atoms with Gasteiger partial charge in [-0.3, -0.25) is 0 Å². The summed E-state index contributed by atoms with van der Waals surface area (Å²) in [5, 5.41) is 1.44. The van der Waals surface area contributed by atoms with Crippen LogP contribution in [0, 0.1) is 6.92 Å². The Morgan fingerprint density at radius 2 is 1.57 bits per heavy atom. The zero-order valence-corrected chi connectivity index (χ0v) is 17.0. The number of sulfone groups is 1. The van der Waals surface area contributed by atoms with E-state index in [2.05, 4.69) is 0 Å². The first kappa shape index (κ1) is 18.8. The van der Waals surface area contributed by atoms with E-state index in [1.54, 1.807) is 6.20 Å². The molecule has 1 heterocycles. The summed E-state index contributed by atoms with van der Waals surface area (Å²) in [6.07, 6.45) is 1.76. The molecule has 0 saturated heterocycles. The van der Waals surface area contributed by atoms with Crippen molar-refractivity contribution in [2.45, 2.75) is 24.1 Å². The Bertz CT molecular complexity index is 1240. The molecule has 0 fully saturated rings. The van der Waals surface area contributed by atoms with Crippen LogP contribution in [0.5, 0.6) is 0 Å². The second-order valence-electron chi connectivity index (χ2n) is 6.95. The highest BCUT2D eigenvalue weighted by Gasteiger charge is 2.22. The molecule has 0 N–H and O–H groups in total. The molecule has 3 nitrogen and oxygen atoms in total. The fraction of sp³-hybridized carbons (Fsp3) is 0.130. The lowest BCUT2D eigenvalue weighted by Crippen LogP contribution is -2.06. The van der Waals surface area contributed by atoms with E-state index in [1.807, 2.05) is 84.3 Å². The van der Waals surface area contributed by atoms with Gasteiger partial charge < -0.3 is 4.57 Å². The molecule has 0 radical (unpaired) electrons. The Hall–Kier alpha value is -2.56. The topological polar surface area (TPSA) is 39.1 Å². The largest absolute Gasteiger partial charge is 0.342 e. The van der Waals surface area contributed by atoms with E-state index in [1.165, 1.54) is 0 Å². The summed E-state index contributed by atoms with van der Waals surface area (Å²) in [6, 6.07) is 22.9. The van der Waals surface area contributed by atoms with Crippen LogP contribution in [0.3, 0.4) is 0 Å². The summed E-state index contributed by atoms with van der Waals surface area (Å²) in [4.78, 5) is 0.375. The summed E-state index contributed by atoms with van der Waals surface area (Å²) in [6.45, 7) is 2.52. The Morgan fingerprint density at radius 1 is 0.893 bits per heavy atom. The van der Waals surface area contributed by atoms with E-state index in [0.717, 1.165) is 27.6 Å². The van der Waals surface area contributed by atoms with Gasteiger partial charge in [-0.2, -0.15) is 0 Å². The zero-order valence-electron chi connectivity index (χ0n) is 15.5. The van der Waals surface area contributed by atoms with Gasteiger partial charge in [-0.1, -0.05) is 66.2 Å². The first-order valence-electron chi connectivity index (χ1n) is 9.03. The van der Waals surface area contributed by atoms with Crippen molar-refractivity contribution >= 4 is 32.3 Å². The van der Waals surface area contributed by atoms with Gasteiger partial charge in [0.2, 0.25) is 0 Å². The minimum absolute atomic E-state index is 0.00533. The predicted molar refractivity (Wildman–Crippen MR) is 115 cm³/mol. The van der Waals surface area contributed by atoms with Crippen LogP contribution in [0.25, 0.3) is 10.9 Å². The number of nitrogens with zero attached hydrogens (tertiary/aromatic N) is 1. The normalized spacial score (nSPS) is 11.8. The SMILES string of the molecule is Cc1ccccc1CS(=O)(=O)c1cn(Cc2ccc(Cl)cc2)c2ccccc12. The monoisotopic (exact) mass is 409 g/mol. The van der Waals surface area contributed by atoms with Crippen molar-refractivity contribution in [1.82, 2.24) is 4.57 Å². The number of hydrogen-bond donors (Lipinski definition) is 0. The lowest BCUT2D eigenvalue weighted by atomic mass is 10.1. The van der Waals surface area contributed by atoms with Crippen LogP contribution in [0.1, 0.15) is 16.7 Å². The van der Waals surface area contributed by atoms with Crippen molar-refractivity contribution in [2.24, 2.45) is 0 Å². The van der Waals surface area contributed by atoms with Crippen molar-refractivity contribution in [3.05, 3.63) is 101 Å². The molecule has 0 saturated carbocycles. The Kier molecular flexibility index (Phi) is 5.00. The van der Waals surface area contributed by atoms with Gasteiger partial charge in [-0.05, 0) is 41.8 Å². The zero-order chi connectivity index (χ0) is 19.7. The molecule has 5 heteroatoms. The third-order valence-corrected chi connectivity index (χ3v) is 6.90. The number of fused-ring (bicyclic) bond motifs is 1. The van der Waals surface area contributed by atoms with E-state index < -0.39 is 9.84 Å². The van der Waals surface area contributed by atoms with Crippen LogP contribution in [-0.2, 0) is 22.1 Å². The van der Waals surface area contributed by atoms with Crippen molar-refractivity contribution in [3.8, 4) is 0 Å². The molecule has 4 rings (SSSR count). The van der Waals surface area contributed by atoms with E-state index in [-0.39, 0.29) is 5.75 Å². The van der Waals surface area contributed by atoms with Crippen LogP contribution in [-0.4, -0.2) is 13.0 Å². The second kappa shape index (κ2) is 7.46. The van der Waals surface area contributed by atoms with Crippen LogP contribution >= 0.6 is 11.6 Å². The molecule has 0 aliphatic rings. The number of aromatic nitrogens is 1. The van der Waals surface area contributed by atoms with Crippen LogP contribution < -0.4 is 0 Å². The van der Waals surface area contributed by atoms with E-state index in [4.69, 9.17) is 11.6 Å². The van der Waals surface area contributed by atoms with Crippen molar-refractivity contribution in [2.75, 3.05) is 0 Å². The van der Waals surface area contributed by atoms with E-state index >= 15 is 0 Å². The molecule has 0 amide bonds. The molecule has 1 aromatic heterocycles. The summed E-state index contributed by atoms with van der Waals surface area (Å²) in [7, 11) is -3.48.